The van der Waals surface area contributed by atoms with Gasteiger partial charge in [-0.3, -0.25) is 14.4 Å². The number of carbonyl (C=O) groups is 2. The third-order valence-corrected chi connectivity index (χ3v) is 4.64. The van der Waals surface area contributed by atoms with Gasteiger partial charge >= 0.3 is 5.97 Å². The van der Waals surface area contributed by atoms with Crippen LogP contribution in [-0.4, -0.2) is 21.3 Å². The molecule has 0 unspecified atom stereocenters. The zero-order valence-electron chi connectivity index (χ0n) is 15.4. The number of ether oxygens (including phenoxy) is 1. The molecule has 0 fully saturated rings. The summed E-state index contributed by atoms with van der Waals surface area (Å²) < 4.78 is 6.80. The molecule has 0 aliphatic heterocycles. The lowest BCUT2D eigenvalue weighted by Crippen LogP contribution is -2.27. The van der Waals surface area contributed by atoms with Gasteiger partial charge in [-0.2, -0.15) is 0 Å². The van der Waals surface area contributed by atoms with E-state index in [0.29, 0.717) is 11.1 Å². The lowest BCUT2D eigenvalue weighted by atomic mass is 9.99. The molecule has 0 aliphatic rings. The van der Waals surface area contributed by atoms with Crippen molar-refractivity contribution in [3.8, 4) is 0 Å². The van der Waals surface area contributed by atoms with Crippen molar-refractivity contribution in [2.45, 2.75) is 12.6 Å². The molecule has 4 aromatic rings. The van der Waals surface area contributed by atoms with Crippen LogP contribution < -0.4 is 5.56 Å². The van der Waals surface area contributed by atoms with E-state index in [0.717, 1.165) is 10.9 Å². The molecule has 0 spiro atoms. The summed E-state index contributed by atoms with van der Waals surface area (Å²) in [6.45, 7) is -0.274. The molecule has 29 heavy (non-hydrogen) atoms. The summed E-state index contributed by atoms with van der Waals surface area (Å²) in [5.74, 6) is -0.997. The molecule has 0 saturated heterocycles. The Morgan fingerprint density at radius 3 is 2.45 bits per heavy atom. The monoisotopic (exact) mass is 386 g/mol. The average Bonchev–Trinajstić information content (AvgIpc) is 3.18. The van der Waals surface area contributed by atoms with Crippen molar-refractivity contribution in [3.05, 3.63) is 107 Å². The number of nitrogens with one attached hydrogen (secondary N) is 1. The van der Waals surface area contributed by atoms with Gasteiger partial charge in [0.15, 0.2) is 6.10 Å². The molecule has 0 amide bonds. The van der Waals surface area contributed by atoms with Gasteiger partial charge < -0.3 is 14.3 Å². The number of para-hydroxylation sites is 1. The second kappa shape index (κ2) is 7.98. The maximum absolute atomic E-state index is 13.3. The van der Waals surface area contributed by atoms with Crippen LogP contribution in [-0.2, 0) is 16.1 Å². The summed E-state index contributed by atoms with van der Waals surface area (Å²) in [4.78, 5) is 40.8. The number of hydrogen-bond acceptors (Lipinski definition) is 4. The first-order chi connectivity index (χ1) is 14.1. The zero-order valence-corrected chi connectivity index (χ0v) is 15.4. The second-order valence-corrected chi connectivity index (χ2v) is 6.56. The molecule has 0 radical (unpaired) electrons. The van der Waals surface area contributed by atoms with E-state index in [1.807, 2.05) is 30.3 Å². The van der Waals surface area contributed by atoms with Crippen LogP contribution in [0.1, 0.15) is 22.0 Å². The van der Waals surface area contributed by atoms with Gasteiger partial charge in [-0.1, -0.05) is 54.6 Å². The van der Waals surface area contributed by atoms with Crippen LogP contribution in [0.15, 0.2) is 90.0 Å². The largest absolute Gasteiger partial charge is 0.448 e. The van der Waals surface area contributed by atoms with Gasteiger partial charge in [-0.15, -0.1) is 0 Å². The normalized spacial score (nSPS) is 11.9. The summed E-state index contributed by atoms with van der Waals surface area (Å²) >= 11 is 0. The van der Waals surface area contributed by atoms with Crippen molar-refractivity contribution in [2.24, 2.45) is 0 Å². The average molecular weight is 386 g/mol. The van der Waals surface area contributed by atoms with Crippen molar-refractivity contribution in [2.75, 3.05) is 0 Å². The number of esters is 1. The SMILES string of the molecule is O=C(Cn1ccccc1=O)O[C@H](C(=O)c1c[nH]c2ccccc12)c1ccccc1. The topological polar surface area (TPSA) is 81.2 Å². The van der Waals surface area contributed by atoms with Crippen molar-refractivity contribution >= 4 is 22.7 Å². The minimum Gasteiger partial charge on any atom is -0.448 e. The standard InChI is InChI=1S/C23H18N2O4/c26-20-12-6-7-13-25(20)15-21(27)29-23(16-8-2-1-3-9-16)22(28)18-14-24-19-11-5-4-10-17(18)19/h1-14,23-24H,15H2/t23-/m0/s1. The lowest BCUT2D eigenvalue weighted by molar-refractivity contribution is -0.148. The quantitative estimate of drug-likeness (QED) is 0.406. The van der Waals surface area contributed by atoms with Gasteiger partial charge in [0.1, 0.15) is 6.54 Å². The van der Waals surface area contributed by atoms with Crippen LogP contribution in [0.25, 0.3) is 10.9 Å². The van der Waals surface area contributed by atoms with Crippen LogP contribution in [0.3, 0.4) is 0 Å². The van der Waals surface area contributed by atoms with Gasteiger partial charge in [0, 0.05) is 40.5 Å². The summed E-state index contributed by atoms with van der Waals surface area (Å²) in [7, 11) is 0. The lowest BCUT2D eigenvalue weighted by Gasteiger charge is -2.17. The molecule has 0 bridgehead atoms. The number of ketones is 1. The predicted octanol–water partition coefficient (Wildman–Crippen LogP) is 3.50. The first kappa shape index (κ1) is 18.4. The molecule has 2 heterocycles. The molecule has 2 aromatic heterocycles. The van der Waals surface area contributed by atoms with E-state index < -0.39 is 12.1 Å². The number of nitrogens with zero attached hydrogens (tertiary/aromatic N) is 1. The number of benzene rings is 2. The van der Waals surface area contributed by atoms with Crippen LogP contribution in [0, 0.1) is 0 Å². The van der Waals surface area contributed by atoms with Gasteiger partial charge in [-0.05, 0) is 12.1 Å². The molecule has 4 rings (SSSR count). The van der Waals surface area contributed by atoms with Gasteiger partial charge in [0.25, 0.3) is 5.56 Å². The Balaban J connectivity index is 1.65. The van der Waals surface area contributed by atoms with Crippen molar-refractivity contribution < 1.29 is 14.3 Å². The number of Topliss-reactive ketones (excluding diaryl/α,β-unsaturated/α-hetero) is 1. The Bertz CT molecular complexity index is 1220. The van der Waals surface area contributed by atoms with E-state index in [1.54, 1.807) is 42.6 Å². The molecule has 6 heteroatoms. The van der Waals surface area contributed by atoms with Crippen LogP contribution >= 0.6 is 0 Å². The molecule has 0 aliphatic carbocycles. The van der Waals surface area contributed by atoms with E-state index in [9.17, 15) is 14.4 Å². The van der Waals surface area contributed by atoms with Crippen LogP contribution in [0.4, 0.5) is 0 Å². The number of pyridine rings is 1. The maximum atomic E-state index is 13.3. The summed E-state index contributed by atoms with van der Waals surface area (Å²) in [5.41, 5.74) is 1.52. The second-order valence-electron chi connectivity index (χ2n) is 6.56. The number of fused-ring (bicyclic) bond motifs is 1. The molecule has 6 nitrogen and oxygen atoms in total. The van der Waals surface area contributed by atoms with Gasteiger partial charge in [0.05, 0.1) is 0 Å². The highest BCUT2D eigenvalue weighted by molar-refractivity contribution is 6.10. The van der Waals surface area contributed by atoms with Crippen molar-refractivity contribution in [1.82, 2.24) is 9.55 Å². The molecular weight excluding hydrogens is 368 g/mol. The van der Waals surface area contributed by atoms with E-state index in [1.165, 1.54) is 16.8 Å². The molecule has 0 saturated carbocycles. The molecular formula is C23H18N2O4. The van der Waals surface area contributed by atoms with Crippen molar-refractivity contribution in [1.29, 1.82) is 0 Å². The van der Waals surface area contributed by atoms with Gasteiger partial charge in [0.2, 0.25) is 5.78 Å². The Morgan fingerprint density at radius 1 is 0.931 bits per heavy atom. The van der Waals surface area contributed by atoms with E-state index in [2.05, 4.69) is 4.98 Å². The minimum atomic E-state index is -1.11. The molecule has 1 N–H and O–H groups in total. The fraction of sp³-hybridized carbons (Fsp3) is 0.0870. The number of hydrogen-bond donors (Lipinski definition) is 1. The van der Waals surface area contributed by atoms with Crippen LogP contribution in [0.2, 0.25) is 0 Å². The van der Waals surface area contributed by atoms with E-state index >= 15 is 0 Å². The third kappa shape index (κ3) is 3.87. The molecule has 1 atom stereocenters. The van der Waals surface area contributed by atoms with E-state index in [4.69, 9.17) is 4.74 Å². The van der Waals surface area contributed by atoms with Crippen molar-refractivity contribution in [3.63, 3.8) is 0 Å². The fourth-order valence-corrected chi connectivity index (χ4v) is 3.22. The van der Waals surface area contributed by atoms with Gasteiger partial charge in [-0.25, -0.2) is 0 Å². The smallest absolute Gasteiger partial charge is 0.327 e. The Morgan fingerprint density at radius 2 is 1.66 bits per heavy atom. The third-order valence-electron chi connectivity index (χ3n) is 4.64. The number of carbonyl (C=O) groups excluding carboxylic acids is 2. The summed E-state index contributed by atoms with van der Waals surface area (Å²) in [6.07, 6.45) is 2.02. The first-order valence-electron chi connectivity index (χ1n) is 9.14. The minimum absolute atomic E-state index is 0.274. The highest BCUT2D eigenvalue weighted by Gasteiger charge is 2.28. The number of H-pyrrole nitrogens is 1. The number of rotatable bonds is 6. The fourth-order valence-electron chi connectivity index (χ4n) is 3.22. The number of aromatic amines is 1. The summed E-state index contributed by atoms with van der Waals surface area (Å²) in [6, 6.07) is 20.9. The Labute approximate surface area is 166 Å². The molecule has 2 aromatic carbocycles. The zero-order chi connectivity index (χ0) is 20.2. The van der Waals surface area contributed by atoms with Crippen LogP contribution in [0.5, 0.6) is 0 Å². The molecule has 144 valence electrons. The Hall–Kier alpha value is -3.93. The first-order valence-corrected chi connectivity index (χ1v) is 9.14. The highest BCUT2D eigenvalue weighted by Crippen LogP contribution is 2.27. The van der Waals surface area contributed by atoms with E-state index in [-0.39, 0.29) is 17.9 Å². The Kier molecular flexibility index (Phi) is 5.07. The summed E-state index contributed by atoms with van der Waals surface area (Å²) in [5, 5.41) is 0.758. The predicted molar refractivity (Wildman–Crippen MR) is 109 cm³/mol. The maximum Gasteiger partial charge on any atom is 0.327 e. The number of aromatic nitrogens is 2. The highest BCUT2D eigenvalue weighted by atomic mass is 16.5.